The molecule has 0 bridgehead atoms. The van der Waals surface area contributed by atoms with Gasteiger partial charge in [-0.05, 0) is 29.7 Å². The fraction of sp³-hybridized carbons (Fsp3) is 0.0870. The van der Waals surface area contributed by atoms with Gasteiger partial charge in [-0.25, -0.2) is 4.98 Å². The van der Waals surface area contributed by atoms with Crippen molar-refractivity contribution in [3.05, 3.63) is 66.7 Å². The summed E-state index contributed by atoms with van der Waals surface area (Å²) in [6.45, 7) is 2.97. The minimum Gasteiger partial charge on any atom is -0.326 e. The lowest BCUT2D eigenvalue weighted by Gasteiger charge is -2.13. The van der Waals surface area contributed by atoms with E-state index in [1.54, 1.807) is 0 Å². The highest BCUT2D eigenvalue weighted by molar-refractivity contribution is 6.13. The minimum atomic E-state index is -0.122. The smallest absolute Gasteiger partial charge is 0.221 e. The molecular weight excluding hydrogens is 350 g/mol. The van der Waals surface area contributed by atoms with E-state index in [0.29, 0.717) is 5.69 Å². The van der Waals surface area contributed by atoms with Gasteiger partial charge < -0.3 is 10.6 Å². The average molecular weight is 369 g/mol. The molecule has 28 heavy (non-hydrogen) atoms. The van der Waals surface area contributed by atoms with Gasteiger partial charge in [0.05, 0.1) is 11.2 Å². The first kappa shape index (κ1) is 17.7. The second-order valence-electron chi connectivity index (χ2n) is 6.68. The Labute approximate surface area is 162 Å². The fourth-order valence-electron chi connectivity index (χ4n) is 3.39. The van der Waals surface area contributed by atoms with Crippen molar-refractivity contribution in [2.24, 2.45) is 0 Å². The van der Waals surface area contributed by atoms with E-state index >= 15 is 0 Å². The summed E-state index contributed by atoms with van der Waals surface area (Å²) >= 11 is 0. The first-order valence-corrected chi connectivity index (χ1v) is 8.99. The molecule has 2 N–H and O–H groups in total. The van der Waals surface area contributed by atoms with Crippen LogP contribution in [-0.2, 0) is 9.59 Å². The summed E-state index contributed by atoms with van der Waals surface area (Å²) in [6, 6.07) is 21.5. The lowest BCUT2D eigenvalue weighted by Crippen LogP contribution is -2.06. The number of aromatic nitrogens is 1. The summed E-state index contributed by atoms with van der Waals surface area (Å²) in [7, 11) is 0. The van der Waals surface area contributed by atoms with Crippen molar-refractivity contribution in [1.82, 2.24) is 4.98 Å². The van der Waals surface area contributed by atoms with Gasteiger partial charge in [-0.3, -0.25) is 9.59 Å². The van der Waals surface area contributed by atoms with Gasteiger partial charge in [0.15, 0.2) is 0 Å². The zero-order valence-corrected chi connectivity index (χ0v) is 15.6. The molecule has 1 heterocycles. The second-order valence-corrected chi connectivity index (χ2v) is 6.68. The molecular formula is C23H19N3O2. The fourth-order valence-corrected chi connectivity index (χ4v) is 3.39. The molecule has 5 heteroatoms. The average Bonchev–Trinajstić information content (AvgIpc) is 2.67. The van der Waals surface area contributed by atoms with E-state index in [9.17, 15) is 9.59 Å². The van der Waals surface area contributed by atoms with Gasteiger partial charge in [-0.1, -0.05) is 42.5 Å². The summed E-state index contributed by atoms with van der Waals surface area (Å²) in [4.78, 5) is 27.8. The van der Waals surface area contributed by atoms with Crippen LogP contribution in [0.25, 0.3) is 32.9 Å². The van der Waals surface area contributed by atoms with E-state index in [1.807, 2.05) is 66.7 Å². The molecule has 3 aromatic carbocycles. The molecule has 1 aromatic heterocycles. The van der Waals surface area contributed by atoms with Crippen molar-refractivity contribution in [3.63, 3.8) is 0 Å². The maximum atomic E-state index is 11.5. The largest absolute Gasteiger partial charge is 0.326 e. The number of rotatable bonds is 3. The first-order valence-electron chi connectivity index (χ1n) is 8.99. The molecule has 5 nitrogen and oxygen atoms in total. The van der Waals surface area contributed by atoms with Crippen LogP contribution in [0.5, 0.6) is 0 Å². The lowest BCUT2D eigenvalue weighted by molar-refractivity contribution is -0.115. The van der Waals surface area contributed by atoms with Gasteiger partial charge in [0, 0.05) is 41.6 Å². The summed E-state index contributed by atoms with van der Waals surface area (Å²) in [5, 5.41) is 8.62. The Kier molecular flexibility index (Phi) is 4.49. The van der Waals surface area contributed by atoms with E-state index in [0.717, 1.165) is 38.6 Å². The monoisotopic (exact) mass is 369 g/mol. The highest BCUT2D eigenvalue weighted by Gasteiger charge is 2.12. The molecule has 0 unspecified atom stereocenters. The number of carbonyl (C=O) groups excluding carboxylic acids is 2. The summed E-state index contributed by atoms with van der Waals surface area (Å²) in [6.07, 6.45) is 0. The van der Waals surface area contributed by atoms with Crippen LogP contribution < -0.4 is 10.6 Å². The van der Waals surface area contributed by atoms with Gasteiger partial charge in [0.2, 0.25) is 11.8 Å². The van der Waals surface area contributed by atoms with E-state index in [1.165, 1.54) is 13.8 Å². The Morgan fingerprint density at radius 3 is 1.96 bits per heavy atom. The number of amides is 2. The Hall–Kier alpha value is -3.73. The Balaban J connectivity index is 2.01. The van der Waals surface area contributed by atoms with Crippen LogP contribution in [0.2, 0.25) is 0 Å². The van der Waals surface area contributed by atoms with Crippen LogP contribution in [0.15, 0.2) is 66.7 Å². The number of nitrogens with one attached hydrogen (secondary N) is 2. The third kappa shape index (κ3) is 3.42. The third-order valence-electron chi connectivity index (χ3n) is 4.48. The molecule has 0 atom stereocenters. The Morgan fingerprint density at radius 1 is 0.714 bits per heavy atom. The molecule has 0 radical (unpaired) electrons. The van der Waals surface area contributed by atoms with Crippen LogP contribution >= 0.6 is 0 Å². The maximum absolute atomic E-state index is 11.5. The van der Waals surface area contributed by atoms with Crippen LogP contribution in [0.1, 0.15) is 13.8 Å². The normalized spacial score (nSPS) is 10.8. The maximum Gasteiger partial charge on any atom is 0.221 e. The van der Waals surface area contributed by atoms with Gasteiger partial charge in [-0.15, -0.1) is 0 Å². The van der Waals surface area contributed by atoms with Crippen molar-refractivity contribution < 1.29 is 9.59 Å². The number of benzene rings is 3. The number of carbonyl (C=O) groups is 2. The molecule has 2 amide bonds. The van der Waals surface area contributed by atoms with Crippen molar-refractivity contribution in [2.45, 2.75) is 13.8 Å². The van der Waals surface area contributed by atoms with Gasteiger partial charge >= 0.3 is 0 Å². The SMILES string of the molecule is CC(=O)Nc1ccc2c(c1)nc(-c1ccccc1)c1cc(NC(C)=O)ccc12. The molecule has 138 valence electrons. The lowest BCUT2D eigenvalue weighted by atomic mass is 9.99. The summed E-state index contributed by atoms with van der Waals surface area (Å²) in [5.41, 5.74) is 4.05. The van der Waals surface area contributed by atoms with E-state index in [2.05, 4.69) is 10.6 Å². The molecule has 0 fully saturated rings. The second kappa shape index (κ2) is 7.12. The van der Waals surface area contributed by atoms with Crippen LogP contribution in [0.3, 0.4) is 0 Å². The molecule has 0 saturated heterocycles. The predicted molar refractivity (Wildman–Crippen MR) is 113 cm³/mol. The van der Waals surface area contributed by atoms with Crippen LogP contribution in [0, 0.1) is 0 Å². The van der Waals surface area contributed by atoms with Crippen molar-refractivity contribution in [3.8, 4) is 11.3 Å². The van der Waals surface area contributed by atoms with E-state index < -0.39 is 0 Å². The minimum absolute atomic E-state index is 0.116. The van der Waals surface area contributed by atoms with E-state index in [4.69, 9.17) is 4.98 Å². The zero-order valence-electron chi connectivity index (χ0n) is 15.6. The summed E-state index contributed by atoms with van der Waals surface area (Å²) < 4.78 is 0. The molecule has 0 aliphatic rings. The van der Waals surface area contributed by atoms with Crippen LogP contribution in [-0.4, -0.2) is 16.8 Å². The number of fused-ring (bicyclic) bond motifs is 3. The van der Waals surface area contributed by atoms with E-state index in [-0.39, 0.29) is 11.8 Å². The van der Waals surface area contributed by atoms with Crippen molar-refractivity contribution >= 4 is 44.9 Å². The molecule has 0 aliphatic heterocycles. The van der Waals surface area contributed by atoms with Gasteiger partial charge in [0.1, 0.15) is 0 Å². The van der Waals surface area contributed by atoms with Gasteiger partial charge in [0.25, 0.3) is 0 Å². The quantitative estimate of drug-likeness (QED) is 0.501. The molecule has 0 saturated carbocycles. The highest BCUT2D eigenvalue weighted by Crippen LogP contribution is 2.35. The predicted octanol–water partition coefficient (Wildman–Crippen LogP) is 4.97. The summed E-state index contributed by atoms with van der Waals surface area (Å²) in [5.74, 6) is -0.238. The number of pyridine rings is 1. The van der Waals surface area contributed by atoms with Crippen LogP contribution in [0.4, 0.5) is 11.4 Å². The van der Waals surface area contributed by atoms with Crippen molar-refractivity contribution in [2.75, 3.05) is 10.6 Å². The number of hydrogen-bond acceptors (Lipinski definition) is 3. The molecule has 4 aromatic rings. The molecule has 0 aliphatic carbocycles. The van der Waals surface area contributed by atoms with Crippen molar-refractivity contribution in [1.29, 1.82) is 0 Å². The highest BCUT2D eigenvalue weighted by atomic mass is 16.2. The topological polar surface area (TPSA) is 71.1 Å². The third-order valence-corrected chi connectivity index (χ3v) is 4.48. The Morgan fingerprint density at radius 2 is 1.32 bits per heavy atom. The molecule has 0 spiro atoms. The number of hydrogen-bond donors (Lipinski definition) is 2. The van der Waals surface area contributed by atoms with Gasteiger partial charge in [-0.2, -0.15) is 0 Å². The zero-order chi connectivity index (χ0) is 19.7. The molecule has 4 rings (SSSR count). The first-order chi connectivity index (χ1) is 13.5. The number of anilines is 2. The standard InChI is InChI=1S/C23H19N3O2/c1-14(27)24-17-8-10-19-20-11-9-18(25-15(2)28)13-22(20)26-23(21(19)12-17)16-6-4-3-5-7-16/h3-13H,1-2H3,(H,24,27)(H,25,28). The number of nitrogens with zero attached hydrogens (tertiary/aromatic N) is 1. The Bertz CT molecular complexity index is 1220.